The monoisotopic (exact) mass is 366 g/mol. The summed E-state index contributed by atoms with van der Waals surface area (Å²) in [5, 5.41) is 0. The number of furan rings is 1. The van der Waals surface area contributed by atoms with Gasteiger partial charge in [-0.2, -0.15) is 0 Å². The van der Waals surface area contributed by atoms with Gasteiger partial charge < -0.3 is 13.9 Å². The molecule has 0 saturated heterocycles. The molecule has 0 amide bonds. The number of sulfonamides is 1. The number of rotatable bonds is 6. The van der Waals surface area contributed by atoms with E-state index in [1.807, 2.05) is 25.1 Å². The Morgan fingerprint density at radius 1 is 1.16 bits per heavy atom. The molecule has 0 saturated carbocycles. The van der Waals surface area contributed by atoms with Crippen molar-refractivity contribution < 1.29 is 22.3 Å². The SMILES string of the molecule is CN(C)[C@@H](CNS(=O)(=O)c1ccc2c(c1)OCCCO2)c1ccco1. The molecule has 0 aliphatic carbocycles. The van der Waals surface area contributed by atoms with Gasteiger partial charge in [-0.3, -0.25) is 4.90 Å². The predicted octanol–water partition coefficient (Wildman–Crippen LogP) is 2.02. The van der Waals surface area contributed by atoms with Gasteiger partial charge in [0.2, 0.25) is 10.0 Å². The standard InChI is InChI=1S/C17H22N2O5S/c1-19(2)14(15-5-3-8-22-15)12-18-25(20,21)13-6-7-16-17(11-13)24-10-4-9-23-16/h3,5-8,11,14,18H,4,9-10,12H2,1-2H3/t14-/m0/s1. The predicted molar refractivity (Wildman–Crippen MR) is 92.4 cm³/mol. The number of likely N-dealkylation sites (N-methyl/N-ethyl adjacent to an activating group) is 1. The highest BCUT2D eigenvalue weighted by molar-refractivity contribution is 7.89. The van der Waals surface area contributed by atoms with E-state index in [2.05, 4.69) is 4.72 Å². The van der Waals surface area contributed by atoms with Gasteiger partial charge in [-0.1, -0.05) is 0 Å². The molecule has 2 heterocycles. The van der Waals surface area contributed by atoms with Crippen LogP contribution in [0.4, 0.5) is 0 Å². The minimum atomic E-state index is -3.68. The summed E-state index contributed by atoms with van der Waals surface area (Å²) >= 11 is 0. The van der Waals surface area contributed by atoms with Crippen molar-refractivity contribution in [2.75, 3.05) is 33.9 Å². The van der Waals surface area contributed by atoms with Crippen LogP contribution in [-0.2, 0) is 10.0 Å². The summed E-state index contributed by atoms with van der Waals surface area (Å²) in [5.41, 5.74) is 0. The average molecular weight is 366 g/mol. The van der Waals surface area contributed by atoms with Crippen LogP contribution in [0, 0.1) is 0 Å². The maximum atomic E-state index is 12.6. The second kappa shape index (κ2) is 7.47. The molecule has 1 aromatic heterocycles. The Labute approximate surface area is 147 Å². The number of nitrogens with one attached hydrogen (secondary N) is 1. The van der Waals surface area contributed by atoms with E-state index < -0.39 is 10.0 Å². The molecule has 0 unspecified atom stereocenters. The third-order valence-electron chi connectivity index (χ3n) is 3.99. The van der Waals surface area contributed by atoms with E-state index >= 15 is 0 Å². The van der Waals surface area contributed by atoms with Crippen LogP contribution in [0.2, 0.25) is 0 Å². The smallest absolute Gasteiger partial charge is 0.240 e. The molecule has 0 fully saturated rings. The molecular weight excluding hydrogens is 344 g/mol. The van der Waals surface area contributed by atoms with E-state index in [1.165, 1.54) is 12.1 Å². The molecule has 3 rings (SSSR count). The first-order valence-electron chi connectivity index (χ1n) is 8.06. The summed E-state index contributed by atoms with van der Waals surface area (Å²) in [5.74, 6) is 1.72. The van der Waals surface area contributed by atoms with Crippen molar-refractivity contribution in [2.24, 2.45) is 0 Å². The van der Waals surface area contributed by atoms with E-state index in [1.54, 1.807) is 18.4 Å². The third-order valence-corrected chi connectivity index (χ3v) is 5.41. The molecular formula is C17H22N2O5S. The fourth-order valence-corrected chi connectivity index (χ4v) is 3.65. The van der Waals surface area contributed by atoms with Crippen molar-refractivity contribution in [2.45, 2.75) is 17.4 Å². The van der Waals surface area contributed by atoms with E-state index in [4.69, 9.17) is 13.9 Å². The zero-order valence-corrected chi connectivity index (χ0v) is 15.1. The number of benzene rings is 1. The maximum absolute atomic E-state index is 12.6. The molecule has 1 aliphatic heterocycles. The first kappa shape index (κ1) is 17.8. The molecule has 7 nitrogen and oxygen atoms in total. The fourth-order valence-electron chi connectivity index (χ4n) is 2.60. The molecule has 0 spiro atoms. The van der Waals surface area contributed by atoms with Crippen LogP contribution in [-0.4, -0.2) is 47.2 Å². The van der Waals surface area contributed by atoms with Crippen LogP contribution in [0.15, 0.2) is 45.9 Å². The van der Waals surface area contributed by atoms with Gasteiger partial charge in [0.05, 0.1) is 30.4 Å². The topological polar surface area (TPSA) is 81.0 Å². The first-order valence-corrected chi connectivity index (χ1v) is 9.55. The molecule has 0 bridgehead atoms. The molecule has 0 radical (unpaired) electrons. The summed E-state index contributed by atoms with van der Waals surface area (Å²) in [6.45, 7) is 1.26. The molecule has 25 heavy (non-hydrogen) atoms. The summed E-state index contributed by atoms with van der Waals surface area (Å²) in [7, 11) is 0.0610. The summed E-state index contributed by atoms with van der Waals surface area (Å²) in [6, 6.07) is 8.06. The summed E-state index contributed by atoms with van der Waals surface area (Å²) in [4.78, 5) is 2.05. The molecule has 1 N–H and O–H groups in total. The number of hydrogen-bond donors (Lipinski definition) is 1. The number of fused-ring (bicyclic) bond motifs is 1. The van der Waals surface area contributed by atoms with Gasteiger partial charge in [-0.05, 0) is 38.4 Å². The Bertz CT molecular complexity index is 802. The van der Waals surface area contributed by atoms with Crippen molar-refractivity contribution >= 4 is 10.0 Å². The van der Waals surface area contributed by atoms with Gasteiger partial charge in [0.1, 0.15) is 5.76 Å². The van der Waals surface area contributed by atoms with Gasteiger partial charge in [0, 0.05) is 19.0 Å². The highest BCUT2D eigenvalue weighted by atomic mass is 32.2. The molecule has 8 heteroatoms. The maximum Gasteiger partial charge on any atom is 0.240 e. The van der Waals surface area contributed by atoms with Crippen LogP contribution < -0.4 is 14.2 Å². The normalized spacial score (nSPS) is 15.8. The molecule has 1 atom stereocenters. The second-order valence-corrected chi connectivity index (χ2v) is 7.77. The lowest BCUT2D eigenvalue weighted by Gasteiger charge is -2.22. The lowest BCUT2D eigenvalue weighted by molar-refractivity contribution is 0.259. The van der Waals surface area contributed by atoms with Crippen LogP contribution in [0.25, 0.3) is 0 Å². The van der Waals surface area contributed by atoms with Gasteiger partial charge in [-0.15, -0.1) is 0 Å². The number of ether oxygens (including phenoxy) is 2. The molecule has 1 aliphatic rings. The zero-order chi connectivity index (χ0) is 17.9. The van der Waals surface area contributed by atoms with E-state index in [9.17, 15) is 8.42 Å². The van der Waals surface area contributed by atoms with E-state index in [0.717, 1.165) is 6.42 Å². The zero-order valence-electron chi connectivity index (χ0n) is 14.3. The van der Waals surface area contributed by atoms with E-state index in [0.29, 0.717) is 30.5 Å². The quantitative estimate of drug-likeness (QED) is 0.842. The molecule has 2 aromatic rings. The molecule has 1 aromatic carbocycles. The Hall–Kier alpha value is -2.03. The van der Waals surface area contributed by atoms with Gasteiger partial charge in [-0.25, -0.2) is 13.1 Å². The van der Waals surface area contributed by atoms with Gasteiger partial charge >= 0.3 is 0 Å². The summed E-state index contributed by atoms with van der Waals surface area (Å²) < 4.78 is 44.4. The lowest BCUT2D eigenvalue weighted by Crippen LogP contribution is -2.34. The van der Waals surface area contributed by atoms with Crippen molar-refractivity contribution in [1.29, 1.82) is 0 Å². The number of nitrogens with zero attached hydrogens (tertiary/aromatic N) is 1. The van der Waals surface area contributed by atoms with Crippen LogP contribution >= 0.6 is 0 Å². The van der Waals surface area contributed by atoms with Crippen molar-refractivity contribution in [1.82, 2.24) is 9.62 Å². The highest BCUT2D eigenvalue weighted by Gasteiger charge is 2.23. The largest absolute Gasteiger partial charge is 0.490 e. The Balaban J connectivity index is 1.76. The third kappa shape index (κ3) is 4.15. The van der Waals surface area contributed by atoms with Crippen molar-refractivity contribution in [3.05, 3.63) is 42.4 Å². The van der Waals surface area contributed by atoms with Gasteiger partial charge in [0.25, 0.3) is 0 Å². The highest BCUT2D eigenvalue weighted by Crippen LogP contribution is 2.32. The minimum absolute atomic E-state index is 0.147. The first-order chi connectivity index (χ1) is 12.0. The summed E-state index contributed by atoms with van der Waals surface area (Å²) in [6.07, 6.45) is 2.34. The Morgan fingerprint density at radius 3 is 2.60 bits per heavy atom. The van der Waals surface area contributed by atoms with Crippen LogP contribution in [0.5, 0.6) is 11.5 Å². The second-order valence-electron chi connectivity index (χ2n) is 6.01. The Morgan fingerprint density at radius 2 is 1.92 bits per heavy atom. The van der Waals surface area contributed by atoms with Crippen LogP contribution in [0.1, 0.15) is 18.2 Å². The molecule has 136 valence electrons. The Kier molecular flexibility index (Phi) is 5.31. The average Bonchev–Trinajstić information content (AvgIpc) is 2.98. The lowest BCUT2D eigenvalue weighted by atomic mass is 10.2. The fraction of sp³-hybridized carbons (Fsp3) is 0.412. The van der Waals surface area contributed by atoms with Crippen LogP contribution in [0.3, 0.4) is 0 Å². The van der Waals surface area contributed by atoms with E-state index in [-0.39, 0.29) is 17.5 Å². The number of hydrogen-bond acceptors (Lipinski definition) is 6. The van der Waals surface area contributed by atoms with Crippen molar-refractivity contribution in [3.8, 4) is 11.5 Å². The van der Waals surface area contributed by atoms with Gasteiger partial charge in [0.15, 0.2) is 11.5 Å². The van der Waals surface area contributed by atoms with Crippen molar-refractivity contribution in [3.63, 3.8) is 0 Å². The minimum Gasteiger partial charge on any atom is -0.490 e.